The number of thioether (sulfide) groups is 1. The first-order chi connectivity index (χ1) is 6.18. The minimum absolute atomic E-state index is 0.180. The summed E-state index contributed by atoms with van der Waals surface area (Å²) in [5.41, 5.74) is 0.932. The fourth-order valence-corrected chi connectivity index (χ4v) is 2.00. The minimum Gasteiger partial charge on any atom is -0.258 e. The number of halogens is 1. The monoisotopic (exact) mass is 215 g/mol. The maximum absolute atomic E-state index is 10.6. The van der Waals surface area contributed by atoms with E-state index in [1.165, 1.54) is 6.07 Å². The fourth-order valence-electron chi connectivity index (χ4n) is 1.18. The number of nitrogens with zero attached hydrogens (tertiary/aromatic N) is 1. The predicted octanol–water partition coefficient (Wildman–Crippen LogP) is 3.04. The second-order valence-corrected chi connectivity index (χ2v) is 4.45. The Kier molecular flexibility index (Phi) is 2.17. The van der Waals surface area contributed by atoms with Gasteiger partial charge in [-0.1, -0.05) is 11.6 Å². The zero-order valence-electron chi connectivity index (χ0n) is 6.57. The van der Waals surface area contributed by atoms with Gasteiger partial charge in [-0.3, -0.25) is 10.1 Å². The first-order valence-electron chi connectivity index (χ1n) is 3.74. The van der Waals surface area contributed by atoms with E-state index >= 15 is 0 Å². The van der Waals surface area contributed by atoms with Gasteiger partial charge in [-0.15, -0.1) is 0 Å². The van der Waals surface area contributed by atoms with Crippen LogP contribution in [0.4, 0.5) is 5.69 Å². The number of hydrogen-bond donors (Lipinski definition) is 0. The Labute approximate surface area is 84.2 Å². The summed E-state index contributed by atoms with van der Waals surface area (Å²) in [6.45, 7) is 0. The summed E-state index contributed by atoms with van der Waals surface area (Å²) in [5, 5.41) is 11.5. The van der Waals surface area contributed by atoms with Crippen molar-refractivity contribution < 1.29 is 4.92 Å². The van der Waals surface area contributed by atoms with Crippen LogP contribution in [0.3, 0.4) is 0 Å². The van der Waals surface area contributed by atoms with Gasteiger partial charge in [0, 0.05) is 27.7 Å². The Balaban J connectivity index is 2.47. The van der Waals surface area contributed by atoms with E-state index in [-0.39, 0.29) is 15.9 Å². The lowest BCUT2D eigenvalue weighted by molar-refractivity contribution is -0.385. The first kappa shape index (κ1) is 8.84. The van der Waals surface area contributed by atoms with Gasteiger partial charge in [0.25, 0.3) is 5.69 Å². The molecule has 0 aliphatic carbocycles. The zero-order valence-corrected chi connectivity index (χ0v) is 8.14. The van der Waals surface area contributed by atoms with Crippen molar-refractivity contribution in [2.75, 3.05) is 5.75 Å². The second kappa shape index (κ2) is 3.20. The Bertz CT molecular complexity index is 365. The first-order valence-corrected chi connectivity index (χ1v) is 5.16. The lowest BCUT2D eigenvalue weighted by atomic mass is 10.1. The molecule has 1 aliphatic heterocycles. The van der Waals surface area contributed by atoms with Crippen LogP contribution in [0.5, 0.6) is 0 Å². The highest BCUT2D eigenvalue weighted by Crippen LogP contribution is 2.49. The fraction of sp³-hybridized carbons (Fsp3) is 0.250. The molecule has 1 aliphatic rings. The molecule has 2 rings (SSSR count). The van der Waals surface area contributed by atoms with Crippen LogP contribution >= 0.6 is 23.4 Å². The number of benzene rings is 1. The summed E-state index contributed by atoms with van der Waals surface area (Å²) in [5.74, 6) is 0.960. The van der Waals surface area contributed by atoms with Gasteiger partial charge in [-0.05, 0) is 12.1 Å². The molecule has 0 amide bonds. The van der Waals surface area contributed by atoms with Gasteiger partial charge in [0.2, 0.25) is 0 Å². The highest BCUT2D eigenvalue weighted by atomic mass is 35.5. The van der Waals surface area contributed by atoms with Gasteiger partial charge < -0.3 is 0 Å². The van der Waals surface area contributed by atoms with Crippen LogP contribution in [0.2, 0.25) is 5.02 Å². The molecule has 5 heteroatoms. The molecule has 1 fully saturated rings. The summed E-state index contributed by atoms with van der Waals surface area (Å²) >= 11 is 7.46. The van der Waals surface area contributed by atoms with Crippen LogP contribution in [0, 0.1) is 10.1 Å². The number of hydrogen-bond acceptors (Lipinski definition) is 3. The van der Waals surface area contributed by atoms with Gasteiger partial charge in [0.1, 0.15) is 0 Å². The molecule has 1 aromatic carbocycles. The van der Waals surface area contributed by atoms with Crippen molar-refractivity contribution >= 4 is 29.1 Å². The van der Waals surface area contributed by atoms with E-state index in [0.29, 0.717) is 5.02 Å². The molecule has 1 atom stereocenters. The zero-order chi connectivity index (χ0) is 9.42. The number of nitro benzene ring substituents is 1. The van der Waals surface area contributed by atoms with E-state index < -0.39 is 0 Å². The third-order valence-corrected chi connectivity index (χ3v) is 3.02. The predicted molar refractivity (Wildman–Crippen MR) is 53.3 cm³/mol. The molecule has 1 unspecified atom stereocenters. The van der Waals surface area contributed by atoms with Gasteiger partial charge in [0.05, 0.1) is 4.92 Å². The second-order valence-electron chi connectivity index (χ2n) is 2.78. The molecular formula is C8H6ClNO2S. The largest absolute Gasteiger partial charge is 0.273 e. The van der Waals surface area contributed by atoms with Crippen LogP contribution in [-0.4, -0.2) is 10.7 Å². The molecule has 1 heterocycles. The average Bonchev–Trinajstić information content (AvgIpc) is 2.85. The Morgan fingerprint density at radius 2 is 2.31 bits per heavy atom. The van der Waals surface area contributed by atoms with Crippen molar-refractivity contribution in [1.82, 2.24) is 0 Å². The molecule has 0 N–H and O–H groups in total. The SMILES string of the molecule is O=[N+]([O-])c1ccc(Cl)cc1C1CS1. The van der Waals surface area contributed by atoms with E-state index in [4.69, 9.17) is 11.6 Å². The van der Waals surface area contributed by atoms with Crippen LogP contribution in [-0.2, 0) is 0 Å². The molecule has 0 saturated carbocycles. The molecule has 0 spiro atoms. The summed E-state index contributed by atoms with van der Waals surface area (Å²) in [6.07, 6.45) is 0. The standard InChI is InChI=1S/C8H6ClNO2S/c9-5-1-2-7(10(11)12)6(3-5)8-4-13-8/h1-3,8H,4H2. The van der Waals surface area contributed by atoms with E-state index in [1.807, 2.05) is 0 Å². The minimum atomic E-state index is -0.357. The third-order valence-electron chi connectivity index (χ3n) is 1.87. The third kappa shape index (κ3) is 1.78. The van der Waals surface area contributed by atoms with Crippen molar-refractivity contribution in [2.24, 2.45) is 0 Å². The summed E-state index contributed by atoms with van der Waals surface area (Å²) in [6, 6.07) is 4.71. The van der Waals surface area contributed by atoms with Gasteiger partial charge >= 0.3 is 0 Å². The van der Waals surface area contributed by atoms with Gasteiger partial charge in [-0.25, -0.2) is 0 Å². The lowest BCUT2D eigenvalue weighted by Gasteiger charge is -1.99. The molecule has 13 heavy (non-hydrogen) atoms. The average molecular weight is 216 g/mol. The molecule has 0 bridgehead atoms. The Morgan fingerprint density at radius 3 is 2.85 bits per heavy atom. The quantitative estimate of drug-likeness (QED) is 0.433. The molecule has 0 radical (unpaired) electrons. The van der Waals surface area contributed by atoms with Crippen molar-refractivity contribution in [1.29, 1.82) is 0 Å². The van der Waals surface area contributed by atoms with Crippen molar-refractivity contribution in [2.45, 2.75) is 5.25 Å². The maximum atomic E-state index is 10.6. The normalized spacial score (nSPS) is 19.9. The number of rotatable bonds is 2. The molecule has 1 aromatic rings. The summed E-state index contributed by atoms with van der Waals surface area (Å²) in [4.78, 5) is 10.3. The summed E-state index contributed by atoms with van der Waals surface area (Å²) in [7, 11) is 0. The van der Waals surface area contributed by atoms with E-state index in [9.17, 15) is 10.1 Å². The maximum Gasteiger partial charge on any atom is 0.273 e. The van der Waals surface area contributed by atoms with Crippen molar-refractivity contribution in [3.8, 4) is 0 Å². The lowest BCUT2D eigenvalue weighted by Crippen LogP contribution is -1.93. The highest BCUT2D eigenvalue weighted by molar-refractivity contribution is 8.06. The smallest absolute Gasteiger partial charge is 0.258 e. The van der Waals surface area contributed by atoms with E-state index in [0.717, 1.165) is 11.3 Å². The van der Waals surface area contributed by atoms with Crippen LogP contribution in [0.15, 0.2) is 18.2 Å². The Hall–Kier alpha value is -0.740. The molecule has 0 aromatic heterocycles. The van der Waals surface area contributed by atoms with Crippen LogP contribution in [0.1, 0.15) is 10.8 Å². The van der Waals surface area contributed by atoms with Crippen LogP contribution in [0.25, 0.3) is 0 Å². The van der Waals surface area contributed by atoms with Crippen molar-refractivity contribution in [3.05, 3.63) is 38.9 Å². The Morgan fingerprint density at radius 1 is 1.62 bits per heavy atom. The van der Waals surface area contributed by atoms with Gasteiger partial charge in [0.15, 0.2) is 0 Å². The molecule has 68 valence electrons. The van der Waals surface area contributed by atoms with Crippen LogP contribution < -0.4 is 0 Å². The molecular weight excluding hydrogens is 210 g/mol. The van der Waals surface area contributed by atoms with Gasteiger partial charge in [-0.2, -0.15) is 11.8 Å². The molecule has 1 saturated heterocycles. The van der Waals surface area contributed by atoms with Crippen molar-refractivity contribution in [3.63, 3.8) is 0 Å². The highest BCUT2D eigenvalue weighted by Gasteiger charge is 2.31. The summed E-state index contributed by atoms with van der Waals surface area (Å²) < 4.78 is 0. The molecule has 3 nitrogen and oxygen atoms in total. The van der Waals surface area contributed by atoms with E-state index in [1.54, 1.807) is 23.9 Å². The van der Waals surface area contributed by atoms with E-state index in [2.05, 4.69) is 0 Å². The topological polar surface area (TPSA) is 43.1 Å². The number of nitro groups is 1.